The van der Waals surface area contributed by atoms with Gasteiger partial charge in [-0.05, 0) is 44.0 Å². The minimum Gasteiger partial charge on any atom is -0.445 e. The number of benzene rings is 1. The predicted octanol–water partition coefficient (Wildman–Crippen LogP) is 2.61. The smallest absolute Gasteiger partial charge is 0.276 e. The standard InChI is InChI=1S/C21H24FN3O4/c1-14-18(21(27)25-10-12-28-13-11-25)23-19(29-14)15-6-8-24(9-7-15)20(26)16-2-4-17(22)5-3-16/h2-5,15H,6-13H2,1H3. The number of carbonyl (C=O) groups is 2. The van der Waals surface area contributed by atoms with Crippen molar-refractivity contribution < 1.29 is 23.1 Å². The van der Waals surface area contributed by atoms with Gasteiger partial charge in [-0.1, -0.05) is 0 Å². The van der Waals surface area contributed by atoms with Crippen molar-refractivity contribution in [1.82, 2.24) is 14.8 Å². The van der Waals surface area contributed by atoms with Crippen molar-refractivity contribution in [2.75, 3.05) is 39.4 Å². The number of amides is 2. The molecule has 0 unspecified atom stereocenters. The molecule has 8 heteroatoms. The Morgan fingerprint density at radius 1 is 1.00 bits per heavy atom. The molecule has 2 aliphatic heterocycles. The highest BCUT2D eigenvalue weighted by atomic mass is 19.1. The summed E-state index contributed by atoms with van der Waals surface area (Å²) in [6.45, 7) is 5.09. The summed E-state index contributed by atoms with van der Waals surface area (Å²) in [4.78, 5) is 33.3. The van der Waals surface area contributed by atoms with Gasteiger partial charge in [0, 0.05) is 37.7 Å². The molecule has 1 aromatic heterocycles. The van der Waals surface area contributed by atoms with E-state index in [0.29, 0.717) is 75.1 Å². The van der Waals surface area contributed by atoms with Crippen molar-refractivity contribution in [3.8, 4) is 0 Å². The fraction of sp³-hybridized carbons (Fsp3) is 0.476. The zero-order valence-corrected chi connectivity index (χ0v) is 16.4. The number of aryl methyl sites for hydroxylation is 1. The molecule has 154 valence electrons. The van der Waals surface area contributed by atoms with Gasteiger partial charge in [-0.15, -0.1) is 0 Å². The number of morpholine rings is 1. The van der Waals surface area contributed by atoms with Crippen LogP contribution in [0.3, 0.4) is 0 Å². The van der Waals surface area contributed by atoms with Gasteiger partial charge in [0.1, 0.15) is 11.6 Å². The van der Waals surface area contributed by atoms with E-state index in [1.54, 1.807) is 16.7 Å². The molecule has 0 N–H and O–H groups in total. The molecule has 2 fully saturated rings. The summed E-state index contributed by atoms with van der Waals surface area (Å²) in [5.74, 6) is 0.577. The van der Waals surface area contributed by atoms with Crippen LogP contribution in [0, 0.1) is 12.7 Å². The third-order valence-corrected chi connectivity index (χ3v) is 5.54. The normalized spacial score (nSPS) is 18.1. The monoisotopic (exact) mass is 401 g/mol. The third-order valence-electron chi connectivity index (χ3n) is 5.54. The van der Waals surface area contributed by atoms with Gasteiger partial charge in [0.05, 0.1) is 13.2 Å². The van der Waals surface area contributed by atoms with Gasteiger partial charge in [0.15, 0.2) is 11.6 Å². The van der Waals surface area contributed by atoms with Crippen molar-refractivity contribution in [2.24, 2.45) is 0 Å². The second-order valence-electron chi connectivity index (χ2n) is 7.43. The maximum absolute atomic E-state index is 13.1. The average Bonchev–Trinajstić information content (AvgIpc) is 3.15. The Bertz CT molecular complexity index is 882. The number of ether oxygens (including phenoxy) is 1. The molecule has 2 saturated heterocycles. The number of oxazole rings is 1. The Balaban J connectivity index is 1.39. The first kappa shape index (κ1) is 19.6. The number of rotatable bonds is 3. The summed E-state index contributed by atoms with van der Waals surface area (Å²) < 4.78 is 24.2. The van der Waals surface area contributed by atoms with Crippen LogP contribution in [0.25, 0.3) is 0 Å². The molecular weight excluding hydrogens is 377 g/mol. The molecule has 2 amide bonds. The molecule has 7 nitrogen and oxygen atoms in total. The Labute approximate surface area is 168 Å². The van der Waals surface area contributed by atoms with Crippen molar-refractivity contribution in [1.29, 1.82) is 0 Å². The first-order valence-electron chi connectivity index (χ1n) is 9.92. The molecule has 0 spiro atoms. The lowest BCUT2D eigenvalue weighted by molar-refractivity contribution is 0.0298. The van der Waals surface area contributed by atoms with E-state index in [1.807, 2.05) is 0 Å². The number of nitrogens with zero attached hydrogens (tertiary/aromatic N) is 3. The molecule has 3 heterocycles. The minimum absolute atomic E-state index is 0.0669. The Kier molecular flexibility index (Phi) is 5.62. The van der Waals surface area contributed by atoms with E-state index in [1.165, 1.54) is 24.3 Å². The van der Waals surface area contributed by atoms with Crippen LogP contribution in [-0.4, -0.2) is 66.0 Å². The number of aromatic nitrogens is 1. The highest BCUT2D eigenvalue weighted by Crippen LogP contribution is 2.30. The number of likely N-dealkylation sites (tertiary alicyclic amines) is 1. The van der Waals surface area contributed by atoms with Crippen LogP contribution < -0.4 is 0 Å². The number of piperidine rings is 1. The molecule has 1 aromatic carbocycles. The van der Waals surface area contributed by atoms with Crippen LogP contribution in [-0.2, 0) is 4.74 Å². The largest absolute Gasteiger partial charge is 0.445 e. The van der Waals surface area contributed by atoms with E-state index in [9.17, 15) is 14.0 Å². The van der Waals surface area contributed by atoms with E-state index in [4.69, 9.17) is 9.15 Å². The van der Waals surface area contributed by atoms with E-state index >= 15 is 0 Å². The molecule has 4 rings (SSSR count). The lowest BCUT2D eigenvalue weighted by Crippen LogP contribution is -2.41. The molecule has 0 saturated carbocycles. The van der Waals surface area contributed by atoms with Gasteiger partial charge in [0.2, 0.25) is 0 Å². The van der Waals surface area contributed by atoms with Gasteiger partial charge in [-0.25, -0.2) is 9.37 Å². The Morgan fingerprint density at radius 2 is 1.62 bits per heavy atom. The van der Waals surface area contributed by atoms with Gasteiger partial charge in [-0.2, -0.15) is 0 Å². The van der Waals surface area contributed by atoms with Crippen molar-refractivity contribution in [3.05, 3.63) is 53.0 Å². The summed E-state index contributed by atoms with van der Waals surface area (Å²) in [5.41, 5.74) is 0.849. The topological polar surface area (TPSA) is 75.9 Å². The SMILES string of the molecule is Cc1oc(C2CCN(C(=O)c3ccc(F)cc3)CC2)nc1C(=O)N1CCOCC1. The summed E-state index contributed by atoms with van der Waals surface area (Å²) in [6.07, 6.45) is 1.41. The van der Waals surface area contributed by atoms with E-state index in [-0.39, 0.29) is 23.5 Å². The van der Waals surface area contributed by atoms with Crippen molar-refractivity contribution >= 4 is 11.8 Å². The molecule has 0 bridgehead atoms. The quantitative estimate of drug-likeness (QED) is 0.790. The van der Waals surface area contributed by atoms with E-state index < -0.39 is 0 Å². The Morgan fingerprint density at radius 3 is 2.28 bits per heavy atom. The Hall–Kier alpha value is -2.74. The second-order valence-corrected chi connectivity index (χ2v) is 7.43. The van der Waals surface area contributed by atoms with E-state index in [2.05, 4.69) is 4.98 Å². The maximum atomic E-state index is 13.1. The zero-order chi connectivity index (χ0) is 20.4. The molecule has 0 radical (unpaired) electrons. The zero-order valence-electron chi connectivity index (χ0n) is 16.4. The molecule has 0 atom stereocenters. The molecule has 2 aromatic rings. The minimum atomic E-state index is -0.359. The van der Waals surface area contributed by atoms with Crippen molar-refractivity contribution in [3.63, 3.8) is 0 Å². The molecular formula is C21H24FN3O4. The van der Waals surface area contributed by atoms with Gasteiger partial charge < -0.3 is 19.0 Å². The number of halogens is 1. The number of hydrogen-bond acceptors (Lipinski definition) is 5. The summed E-state index contributed by atoms with van der Waals surface area (Å²) in [6, 6.07) is 5.60. The summed E-state index contributed by atoms with van der Waals surface area (Å²) in [7, 11) is 0. The number of carbonyl (C=O) groups excluding carboxylic acids is 2. The fourth-order valence-corrected chi connectivity index (χ4v) is 3.81. The van der Waals surface area contributed by atoms with Crippen LogP contribution >= 0.6 is 0 Å². The molecule has 29 heavy (non-hydrogen) atoms. The van der Waals surface area contributed by atoms with Crippen LogP contribution in [0.15, 0.2) is 28.7 Å². The van der Waals surface area contributed by atoms with Gasteiger partial charge >= 0.3 is 0 Å². The third kappa shape index (κ3) is 4.17. The summed E-state index contributed by atoms with van der Waals surface area (Å²) >= 11 is 0. The van der Waals surface area contributed by atoms with Crippen LogP contribution in [0.4, 0.5) is 4.39 Å². The highest BCUT2D eigenvalue weighted by Gasteiger charge is 2.30. The predicted molar refractivity (Wildman–Crippen MR) is 102 cm³/mol. The lowest BCUT2D eigenvalue weighted by atomic mass is 9.96. The second kappa shape index (κ2) is 8.32. The van der Waals surface area contributed by atoms with Gasteiger partial charge in [0.25, 0.3) is 11.8 Å². The fourth-order valence-electron chi connectivity index (χ4n) is 3.81. The van der Waals surface area contributed by atoms with Crippen LogP contribution in [0.2, 0.25) is 0 Å². The lowest BCUT2D eigenvalue weighted by Gasteiger charge is -2.30. The average molecular weight is 401 g/mol. The first-order valence-corrected chi connectivity index (χ1v) is 9.92. The van der Waals surface area contributed by atoms with Crippen LogP contribution in [0.1, 0.15) is 51.3 Å². The first-order chi connectivity index (χ1) is 14.0. The summed E-state index contributed by atoms with van der Waals surface area (Å²) in [5, 5.41) is 0. The van der Waals surface area contributed by atoms with E-state index in [0.717, 1.165) is 0 Å². The van der Waals surface area contributed by atoms with Crippen molar-refractivity contribution in [2.45, 2.75) is 25.7 Å². The molecule has 2 aliphatic rings. The number of hydrogen-bond donors (Lipinski definition) is 0. The molecule has 0 aliphatic carbocycles. The maximum Gasteiger partial charge on any atom is 0.276 e. The highest BCUT2D eigenvalue weighted by molar-refractivity contribution is 5.94. The van der Waals surface area contributed by atoms with Gasteiger partial charge in [-0.3, -0.25) is 9.59 Å². The van der Waals surface area contributed by atoms with Crippen LogP contribution in [0.5, 0.6) is 0 Å².